The summed E-state index contributed by atoms with van der Waals surface area (Å²) in [7, 11) is 1.54. The molecule has 5 N–H and O–H groups in total. The highest BCUT2D eigenvalue weighted by molar-refractivity contribution is 5.99. The first-order valence-electron chi connectivity index (χ1n) is 10.0. The molecular weight excluding hydrogens is 390 g/mol. The van der Waals surface area contributed by atoms with Gasteiger partial charge in [0.2, 0.25) is 11.8 Å². The summed E-state index contributed by atoms with van der Waals surface area (Å²) in [5.74, 6) is -0.549. The van der Waals surface area contributed by atoms with E-state index in [1.165, 1.54) is 16.9 Å². The van der Waals surface area contributed by atoms with Crippen LogP contribution in [0.3, 0.4) is 0 Å². The number of amides is 4. The first-order valence-corrected chi connectivity index (χ1v) is 10.0. The van der Waals surface area contributed by atoms with Crippen molar-refractivity contribution in [3.63, 3.8) is 0 Å². The number of piperazine rings is 1. The van der Waals surface area contributed by atoms with Gasteiger partial charge in [0.15, 0.2) is 6.54 Å². The summed E-state index contributed by atoms with van der Waals surface area (Å²) in [6.07, 6.45) is 1.31. The highest BCUT2D eigenvalue weighted by Gasteiger charge is 2.38. The van der Waals surface area contributed by atoms with Gasteiger partial charge in [0.25, 0.3) is 11.8 Å². The van der Waals surface area contributed by atoms with Crippen molar-refractivity contribution >= 4 is 23.6 Å². The van der Waals surface area contributed by atoms with Crippen molar-refractivity contribution < 1.29 is 29.6 Å². The summed E-state index contributed by atoms with van der Waals surface area (Å²) in [4.78, 5) is 53.4. The molecule has 2 aliphatic rings. The van der Waals surface area contributed by atoms with E-state index in [9.17, 15) is 19.2 Å². The fraction of sp³-hybridized carbons (Fsp3) is 0.500. The van der Waals surface area contributed by atoms with E-state index in [2.05, 4.69) is 16.4 Å². The number of hydrogen-bond donors (Lipinski definition) is 3. The number of ether oxygens (including phenoxy) is 1. The predicted molar refractivity (Wildman–Crippen MR) is 106 cm³/mol. The van der Waals surface area contributed by atoms with E-state index in [0.29, 0.717) is 30.8 Å². The molecule has 0 bridgehead atoms. The summed E-state index contributed by atoms with van der Waals surface area (Å²) in [6, 6.07) is 5.10. The molecule has 30 heavy (non-hydrogen) atoms. The third kappa shape index (κ3) is 4.70. The molecule has 3 rings (SSSR count). The van der Waals surface area contributed by atoms with Crippen LogP contribution in [0.2, 0.25) is 0 Å². The Balaban J connectivity index is 1.79. The Bertz CT molecular complexity index is 812. The Morgan fingerprint density at radius 1 is 1.23 bits per heavy atom. The molecule has 0 spiro atoms. The molecule has 2 fully saturated rings. The van der Waals surface area contributed by atoms with E-state index in [1.807, 2.05) is 0 Å². The van der Waals surface area contributed by atoms with Crippen LogP contribution in [0, 0.1) is 0 Å². The minimum atomic E-state index is -0.890. The third-order valence-electron chi connectivity index (χ3n) is 5.45. The van der Waals surface area contributed by atoms with Gasteiger partial charge < -0.3 is 30.9 Å². The van der Waals surface area contributed by atoms with Crippen LogP contribution >= 0.6 is 0 Å². The first kappa shape index (κ1) is 21.6. The molecule has 4 amide bonds. The van der Waals surface area contributed by atoms with E-state index in [4.69, 9.17) is 4.74 Å². The van der Waals surface area contributed by atoms with Gasteiger partial charge >= 0.3 is 0 Å². The average molecular weight is 418 g/mol. The van der Waals surface area contributed by atoms with Crippen LogP contribution in [0.1, 0.15) is 23.2 Å². The SMILES string of the molecule is COc1ccc(C(=O)N2CCN(C(=O)C[NH3+])C[C@@H]2C(=O)N[C@H]2CCCNC2=O)cc1. The normalized spacial score (nSPS) is 21.6. The first-order chi connectivity index (χ1) is 14.4. The Labute approximate surface area is 174 Å². The van der Waals surface area contributed by atoms with Crippen molar-refractivity contribution in [2.24, 2.45) is 0 Å². The molecule has 0 unspecified atom stereocenters. The molecule has 2 atom stereocenters. The summed E-state index contributed by atoms with van der Waals surface area (Å²) >= 11 is 0. The molecule has 0 aromatic heterocycles. The monoisotopic (exact) mass is 418 g/mol. The number of carbonyl (C=O) groups is 4. The lowest BCUT2D eigenvalue weighted by Gasteiger charge is -2.40. The smallest absolute Gasteiger partial charge is 0.277 e. The van der Waals surface area contributed by atoms with Gasteiger partial charge in [-0.05, 0) is 37.1 Å². The quantitative estimate of drug-likeness (QED) is 0.507. The van der Waals surface area contributed by atoms with Gasteiger partial charge in [-0.1, -0.05) is 0 Å². The Hall–Kier alpha value is -3.14. The summed E-state index contributed by atoms with van der Waals surface area (Å²) in [5.41, 5.74) is 4.03. The van der Waals surface area contributed by atoms with E-state index in [1.54, 1.807) is 24.3 Å². The van der Waals surface area contributed by atoms with Crippen LogP contribution < -0.4 is 21.1 Å². The number of benzene rings is 1. The van der Waals surface area contributed by atoms with Gasteiger partial charge in [0.1, 0.15) is 17.8 Å². The highest BCUT2D eigenvalue weighted by atomic mass is 16.5. The van der Waals surface area contributed by atoms with E-state index in [-0.39, 0.29) is 37.4 Å². The van der Waals surface area contributed by atoms with Crippen molar-refractivity contribution in [1.82, 2.24) is 20.4 Å². The van der Waals surface area contributed by atoms with Crippen LogP contribution in [0.4, 0.5) is 0 Å². The number of methoxy groups -OCH3 is 1. The maximum absolute atomic E-state index is 13.1. The number of quaternary nitrogens is 1. The highest BCUT2D eigenvalue weighted by Crippen LogP contribution is 2.18. The summed E-state index contributed by atoms with van der Waals surface area (Å²) in [5, 5.41) is 5.48. The van der Waals surface area contributed by atoms with Gasteiger partial charge in [-0.25, -0.2) is 0 Å². The molecule has 162 valence electrons. The van der Waals surface area contributed by atoms with Crippen molar-refractivity contribution in [2.45, 2.75) is 24.9 Å². The predicted octanol–water partition coefficient (Wildman–Crippen LogP) is -2.02. The lowest BCUT2D eigenvalue weighted by molar-refractivity contribution is -0.357. The van der Waals surface area contributed by atoms with E-state index in [0.717, 1.165) is 6.42 Å². The fourth-order valence-electron chi connectivity index (χ4n) is 3.71. The van der Waals surface area contributed by atoms with Crippen molar-refractivity contribution in [1.29, 1.82) is 0 Å². The summed E-state index contributed by atoms with van der Waals surface area (Å²) in [6.45, 7) is 1.26. The van der Waals surface area contributed by atoms with Crippen molar-refractivity contribution in [3.05, 3.63) is 29.8 Å². The number of carbonyl (C=O) groups excluding carboxylic acids is 4. The third-order valence-corrected chi connectivity index (χ3v) is 5.45. The Morgan fingerprint density at radius 2 is 1.97 bits per heavy atom. The zero-order valence-electron chi connectivity index (χ0n) is 17.1. The molecule has 2 aliphatic heterocycles. The fourth-order valence-corrected chi connectivity index (χ4v) is 3.71. The van der Waals surface area contributed by atoms with E-state index < -0.39 is 18.0 Å². The van der Waals surface area contributed by atoms with Crippen molar-refractivity contribution in [2.75, 3.05) is 39.8 Å². The second-order valence-electron chi connectivity index (χ2n) is 7.33. The standard InChI is InChI=1S/C20H27N5O5/c1-30-14-6-4-13(5-7-14)20(29)25-10-9-24(17(26)11-21)12-16(25)19(28)23-15-3-2-8-22-18(15)27/h4-7,15-16H,2-3,8-12,21H2,1H3,(H,22,27)(H,23,28)/p+1/t15-,16+/m0/s1. The minimum absolute atomic E-state index is 0.0659. The molecule has 2 saturated heterocycles. The number of hydrogen-bond acceptors (Lipinski definition) is 5. The van der Waals surface area contributed by atoms with Gasteiger partial charge in [-0.2, -0.15) is 0 Å². The topological polar surface area (TPSA) is 136 Å². The molecule has 1 aromatic carbocycles. The summed E-state index contributed by atoms with van der Waals surface area (Å²) < 4.78 is 5.12. The number of rotatable bonds is 5. The molecule has 10 nitrogen and oxygen atoms in total. The Kier molecular flexibility index (Phi) is 6.88. The molecule has 10 heteroatoms. The van der Waals surface area contributed by atoms with Gasteiger partial charge in [-0.3, -0.25) is 19.2 Å². The molecule has 1 aromatic rings. The number of piperidine rings is 1. The lowest BCUT2D eigenvalue weighted by Crippen LogP contribution is -2.66. The largest absolute Gasteiger partial charge is 0.497 e. The maximum Gasteiger partial charge on any atom is 0.277 e. The zero-order chi connectivity index (χ0) is 21.7. The van der Waals surface area contributed by atoms with Crippen LogP contribution in [-0.4, -0.2) is 85.3 Å². The second kappa shape index (κ2) is 9.57. The average Bonchev–Trinajstić information content (AvgIpc) is 2.79. The molecule has 0 saturated carbocycles. The van der Waals surface area contributed by atoms with Crippen LogP contribution in [0.15, 0.2) is 24.3 Å². The molecule has 0 radical (unpaired) electrons. The van der Waals surface area contributed by atoms with Crippen LogP contribution in [-0.2, 0) is 14.4 Å². The van der Waals surface area contributed by atoms with Crippen LogP contribution in [0.5, 0.6) is 5.75 Å². The minimum Gasteiger partial charge on any atom is -0.497 e. The van der Waals surface area contributed by atoms with Gasteiger partial charge in [0, 0.05) is 25.2 Å². The second-order valence-corrected chi connectivity index (χ2v) is 7.33. The number of nitrogens with one attached hydrogen (secondary N) is 2. The maximum atomic E-state index is 13.1. The zero-order valence-corrected chi connectivity index (χ0v) is 17.1. The van der Waals surface area contributed by atoms with Crippen molar-refractivity contribution in [3.8, 4) is 5.75 Å². The molecular formula is C20H28N5O5+. The van der Waals surface area contributed by atoms with Gasteiger partial charge in [0.05, 0.1) is 13.7 Å². The van der Waals surface area contributed by atoms with Gasteiger partial charge in [-0.15, -0.1) is 0 Å². The molecule has 0 aliphatic carbocycles. The lowest BCUT2D eigenvalue weighted by atomic mass is 10.0. The molecule has 2 heterocycles. The van der Waals surface area contributed by atoms with Crippen LogP contribution in [0.25, 0.3) is 0 Å². The Morgan fingerprint density at radius 3 is 2.60 bits per heavy atom. The van der Waals surface area contributed by atoms with E-state index >= 15 is 0 Å². The number of nitrogens with zero attached hydrogens (tertiary/aromatic N) is 2.